The van der Waals surface area contributed by atoms with Crippen LogP contribution in [-0.2, 0) is 14.6 Å². The molecule has 10 heavy (non-hydrogen) atoms. The highest BCUT2D eigenvalue weighted by Gasteiger charge is 2.01. The Balaban J connectivity index is 3.43. The molecule has 0 aromatic carbocycles. The van der Waals surface area contributed by atoms with Crippen LogP contribution in [0.4, 0.5) is 0 Å². The molecule has 0 spiro atoms. The second-order valence-corrected chi connectivity index (χ2v) is 1.33. The van der Waals surface area contributed by atoms with Crippen LogP contribution in [-0.4, -0.2) is 17.4 Å². The molecule has 56 valence electrons. The van der Waals surface area contributed by atoms with Crippen molar-refractivity contribution in [1.82, 2.24) is 0 Å². The molecule has 0 aliphatic carbocycles. The number of rotatable bonds is 4. The molecule has 0 aromatic heterocycles. The van der Waals surface area contributed by atoms with Gasteiger partial charge in [0.15, 0.2) is 0 Å². The summed E-state index contributed by atoms with van der Waals surface area (Å²) in [6.45, 7) is 6.27. The monoisotopic (exact) mass is 144 g/mol. The number of carbonyl (C=O) groups is 1. The first-order valence-corrected chi connectivity index (χ1v) is 2.51. The van der Waals surface area contributed by atoms with E-state index >= 15 is 0 Å². The van der Waals surface area contributed by atoms with E-state index in [1.54, 1.807) is 0 Å². The SMILES string of the molecule is C=CC(=O)OOC(O)C=C. The first kappa shape index (κ1) is 8.87. The van der Waals surface area contributed by atoms with Crippen LogP contribution in [0.1, 0.15) is 0 Å². The van der Waals surface area contributed by atoms with Crippen LogP contribution in [0, 0.1) is 0 Å². The molecule has 0 heterocycles. The average molecular weight is 144 g/mol. The molecular weight excluding hydrogens is 136 g/mol. The van der Waals surface area contributed by atoms with Gasteiger partial charge in [0.1, 0.15) is 0 Å². The van der Waals surface area contributed by atoms with Crippen molar-refractivity contribution in [1.29, 1.82) is 0 Å². The molecular formula is C6H8O4. The normalized spacial score (nSPS) is 11.7. The van der Waals surface area contributed by atoms with Crippen molar-refractivity contribution in [2.24, 2.45) is 0 Å². The van der Waals surface area contributed by atoms with Gasteiger partial charge in [0, 0.05) is 6.08 Å². The van der Waals surface area contributed by atoms with E-state index in [9.17, 15) is 4.79 Å². The van der Waals surface area contributed by atoms with Crippen molar-refractivity contribution in [2.45, 2.75) is 6.29 Å². The molecule has 0 fully saturated rings. The molecule has 0 saturated heterocycles. The Bertz CT molecular complexity index is 141. The smallest absolute Gasteiger partial charge is 0.362 e. The molecule has 0 aliphatic heterocycles. The average Bonchev–Trinajstić information content (AvgIpc) is 1.99. The van der Waals surface area contributed by atoms with Crippen molar-refractivity contribution < 1.29 is 19.7 Å². The predicted molar refractivity (Wildman–Crippen MR) is 33.6 cm³/mol. The van der Waals surface area contributed by atoms with E-state index in [0.29, 0.717) is 0 Å². The second kappa shape index (κ2) is 4.72. The summed E-state index contributed by atoms with van der Waals surface area (Å²) in [5.74, 6) is -0.763. The number of carbonyl (C=O) groups excluding carboxylic acids is 1. The molecule has 0 aliphatic rings. The van der Waals surface area contributed by atoms with Gasteiger partial charge in [-0.05, 0) is 6.08 Å². The van der Waals surface area contributed by atoms with Crippen LogP contribution in [0.15, 0.2) is 25.3 Å². The molecule has 0 aromatic rings. The molecule has 1 atom stereocenters. The first-order chi connectivity index (χ1) is 4.70. The topological polar surface area (TPSA) is 55.8 Å². The van der Waals surface area contributed by atoms with Gasteiger partial charge < -0.3 is 5.11 Å². The minimum absolute atomic E-state index is 0.763. The van der Waals surface area contributed by atoms with E-state index < -0.39 is 12.3 Å². The zero-order chi connectivity index (χ0) is 7.98. The van der Waals surface area contributed by atoms with Gasteiger partial charge in [-0.1, -0.05) is 13.2 Å². The summed E-state index contributed by atoms with van der Waals surface area (Å²) in [5.41, 5.74) is 0. The number of aliphatic hydroxyl groups is 1. The summed E-state index contributed by atoms with van der Waals surface area (Å²) in [6.07, 6.45) is 0.690. The van der Waals surface area contributed by atoms with Crippen molar-refractivity contribution in [3.63, 3.8) is 0 Å². The number of aliphatic hydroxyl groups excluding tert-OH is 1. The largest absolute Gasteiger partial charge is 0.365 e. The molecule has 0 amide bonds. The molecule has 1 unspecified atom stereocenters. The van der Waals surface area contributed by atoms with Crippen molar-refractivity contribution in [3.8, 4) is 0 Å². The van der Waals surface area contributed by atoms with E-state index in [4.69, 9.17) is 5.11 Å². The Hall–Kier alpha value is -1.13. The minimum Gasteiger partial charge on any atom is -0.362 e. The summed E-state index contributed by atoms with van der Waals surface area (Å²) in [6, 6.07) is 0. The predicted octanol–water partition coefficient (Wildman–Crippen LogP) is 0.152. The van der Waals surface area contributed by atoms with Crippen LogP contribution in [0.3, 0.4) is 0 Å². The first-order valence-electron chi connectivity index (χ1n) is 2.51. The van der Waals surface area contributed by atoms with Crippen LogP contribution in [0.2, 0.25) is 0 Å². The Kier molecular flexibility index (Phi) is 4.19. The minimum atomic E-state index is -1.29. The van der Waals surface area contributed by atoms with Crippen molar-refractivity contribution in [2.75, 3.05) is 0 Å². The fraction of sp³-hybridized carbons (Fsp3) is 0.167. The van der Waals surface area contributed by atoms with Gasteiger partial charge in [0.05, 0.1) is 0 Å². The zero-order valence-corrected chi connectivity index (χ0v) is 5.32. The zero-order valence-electron chi connectivity index (χ0n) is 5.32. The van der Waals surface area contributed by atoms with Crippen molar-refractivity contribution in [3.05, 3.63) is 25.3 Å². The Morgan fingerprint density at radius 2 is 2.20 bits per heavy atom. The lowest BCUT2D eigenvalue weighted by Gasteiger charge is -2.02. The quantitative estimate of drug-likeness (QED) is 0.200. The maximum atomic E-state index is 10.2. The highest BCUT2D eigenvalue weighted by atomic mass is 17.2. The van der Waals surface area contributed by atoms with Gasteiger partial charge in [-0.25, -0.2) is 4.79 Å². The lowest BCUT2D eigenvalue weighted by Crippen LogP contribution is -2.11. The maximum absolute atomic E-state index is 10.2. The molecule has 0 rings (SSSR count). The van der Waals surface area contributed by atoms with Crippen LogP contribution in [0.25, 0.3) is 0 Å². The Morgan fingerprint density at radius 1 is 1.60 bits per heavy atom. The molecule has 4 nitrogen and oxygen atoms in total. The Labute approximate surface area is 58.3 Å². The van der Waals surface area contributed by atoms with Crippen LogP contribution >= 0.6 is 0 Å². The third-order valence-corrected chi connectivity index (χ3v) is 0.597. The fourth-order valence-electron chi connectivity index (χ4n) is 0.170. The third-order valence-electron chi connectivity index (χ3n) is 0.597. The highest BCUT2D eigenvalue weighted by Crippen LogP contribution is 1.89. The molecule has 0 saturated carbocycles. The molecule has 0 radical (unpaired) electrons. The Morgan fingerprint density at radius 3 is 2.60 bits per heavy atom. The van der Waals surface area contributed by atoms with E-state index in [1.807, 2.05) is 0 Å². The van der Waals surface area contributed by atoms with Gasteiger partial charge >= 0.3 is 5.97 Å². The summed E-state index contributed by atoms with van der Waals surface area (Å²) < 4.78 is 0. The third kappa shape index (κ3) is 3.82. The standard InChI is InChI=1S/C6H8O4/c1-3-5(7)9-10-6(8)4-2/h3-5,7H,1-2H2. The van der Waals surface area contributed by atoms with E-state index in [2.05, 4.69) is 22.9 Å². The van der Waals surface area contributed by atoms with E-state index in [1.165, 1.54) is 0 Å². The second-order valence-electron chi connectivity index (χ2n) is 1.33. The van der Waals surface area contributed by atoms with Gasteiger partial charge in [0.25, 0.3) is 0 Å². The lowest BCUT2D eigenvalue weighted by molar-refractivity contribution is -0.324. The van der Waals surface area contributed by atoms with E-state index in [0.717, 1.165) is 12.2 Å². The van der Waals surface area contributed by atoms with Crippen molar-refractivity contribution >= 4 is 5.97 Å². The number of hydrogen-bond donors (Lipinski definition) is 1. The summed E-state index contributed by atoms with van der Waals surface area (Å²) in [5, 5.41) is 8.55. The van der Waals surface area contributed by atoms with Crippen LogP contribution < -0.4 is 0 Å². The van der Waals surface area contributed by atoms with E-state index in [-0.39, 0.29) is 0 Å². The van der Waals surface area contributed by atoms with Gasteiger partial charge in [0.2, 0.25) is 6.29 Å². The maximum Gasteiger partial charge on any atom is 0.365 e. The summed E-state index contributed by atoms with van der Waals surface area (Å²) in [7, 11) is 0. The summed E-state index contributed by atoms with van der Waals surface area (Å²) in [4.78, 5) is 18.2. The lowest BCUT2D eigenvalue weighted by atomic mass is 10.6. The van der Waals surface area contributed by atoms with Gasteiger partial charge in [-0.15, -0.1) is 4.89 Å². The summed E-state index contributed by atoms with van der Waals surface area (Å²) >= 11 is 0. The van der Waals surface area contributed by atoms with Crippen LogP contribution in [0.5, 0.6) is 0 Å². The fourth-order valence-corrected chi connectivity index (χ4v) is 0.170. The molecule has 4 heteroatoms. The molecule has 1 N–H and O–H groups in total. The number of hydrogen-bond acceptors (Lipinski definition) is 4. The van der Waals surface area contributed by atoms with Gasteiger partial charge in [-0.2, -0.15) is 0 Å². The van der Waals surface area contributed by atoms with Gasteiger partial charge in [-0.3, -0.25) is 4.89 Å². The highest BCUT2D eigenvalue weighted by molar-refractivity contribution is 5.80. The molecule has 0 bridgehead atoms.